The number of carbonyl (C=O) groups is 2. The number of furan rings is 1. The molecule has 6 nitrogen and oxygen atoms in total. The van der Waals surface area contributed by atoms with Gasteiger partial charge in [-0.3, -0.25) is 14.5 Å². The fourth-order valence-electron chi connectivity index (χ4n) is 5.34. The van der Waals surface area contributed by atoms with Crippen molar-refractivity contribution >= 4 is 33.3 Å². The summed E-state index contributed by atoms with van der Waals surface area (Å²) in [4.78, 5) is 29.0. The zero-order chi connectivity index (χ0) is 22.9. The van der Waals surface area contributed by atoms with Gasteiger partial charge >= 0.3 is 0 Å². The Labute approximate surface area is 194 Å². The van der Waals surface area contributed by atoms with Crippen LogP contribution in [0.25, 0.3) is 21.7 Å². The lowest BCUT2D eigenvalue weighted by atomic mass is 9.81. The number of fused-ring (bicyclic) bond motifs is 3. The first-order chi connectivity index (χ1) is 16.0. The number of ketones is 2. The molecular formula is C27H32N2O4. The number of likely N-dealkylation sites (tertiary alicyclic amines) is 1. The van der Waals surface area contributed by atoms with E-state index in [2.05, 4.69) is 36.0 Å². The molecule has 2 heterocycles. The highest BCUT2D eigenvalue weighted by Crippen LogP contribution is 2.39. The van der Waals surface area contributed by atoms with Gasteiger partial charge in [0.2, 0.25) is 0 Å². The lowest BCUT2D eigenvalue weighted by Gasteiger charge is -2.35. The van der Waals surface area contributed by atoms with Crippen molar-refractivity contribution in [2.75, 3.05) is 40.3 Å². The molecule has 174 valence electrons. The number of hydrogen-bond acceptors (Lipinski definition) is 6. The summed E-state index contributed by atoms with van der Waals surface area (Å²) in [5.74, 6) is 0.625. The van der Waals surface area contributed by atoms with Crippen LogP contribution in [0.3, 0.4) is 0 Å². The van der Waals surface area contributed by atoms with E-state index >= 15 is 0 Å². The van der Waals surface area contributed by atoms with E-state index in [1.807, 2.05) is 18.2 Å². The highest BCUT2D eigenvalue weighted by atomic mass is 16.5. The number of nitrogens with zero attached hydrogens (tertiary/aromatic N) is 2. The second kappa shape index (κ2) is 9.27. The van der Waals surface area contributed by atoms with Crippen LogP contribution in [0.5, 0.6) is 5.75 Å². The molecule has 1 saturated carbocycles. The van der Waals surface area contributed by atoms with Crippen LogP contribution in [0.4, 0.5) is 0 Å². The number of ether oxygens (including phenoxy) is 1. The minimum absolute atomic E-state index is 0.000336. The zero-order valence-corrected chi connectivity index (χ0v) is 19.5. The fraction of sp³-hybridized carbons (Fsp3) is 0.481. The van der Waals surface area contributed by atoms with Gasteiger partial charge in [-0.2, -0.15) is 0 Å². The first kappa shape index (κ1) is 22.1. The quantitative estimate of drug-likeness (QED) is 0.521. The second-order valence-corrected chi connectivity index (χ2v) is 9.65. The SMILES string of the molecule is CN1CCC(N(C)CCOc2ccc3c(ccc4occ([C@@H]5CCC(=O)CC5=O)c43)c2)CC1. The molecule has 0 unspecified atom stereocenters. The Kier molecular flexibility index (Phi) is 6.21. The van der Waals surface area contributed by atoms with Crippen LogP contribution in [0.15, 0.2) is 41.0 Å². The Hall–Kier alpha value is -2.70. The monoisotopic (exact) mass is 448 g/mol. The highest BCUT2D eigenvalue weighted by molar-refractivity contribution is 6.11. The molecule has 2 aromatic carbocycles. The van der Waals surface area contributed by atoms with Gasteiger partial charge in [0.15, 0.2) is 0 Å². The third kappa shape index (κ3) is 4.55. The molecule has 5 rings (SSSR count). The van der Waals surface area contributed by atoms with Crippen molar-refractivity contribution in [3.8, 4) is 5.75 Å². The van der Waals surface area contributed by atoms with E-state index in [0.29, 0.717) is 25.5 Å². The molecule has 0 amide bonds. The summed E-state index contributed by atoms with van der Waals surface area (Å²) in [6, 6.07) is 10.7. The van der Waals surface area contributed by atoms with Gasteiger partial charge in [0.1, 0.15) is 29.5 Å². The highest BCUT2D eigenvalue weighted by Gasteiger charge is 2.31. The number of benzene rings is 2. The van der Waals surface area contributed by atoms with Crippen LogP contribution in [0, 0.1) is 0 Å². The first-order valence-electron chi connectivity index (χ1n) is 12.0. The fourth-order valence-corrected chi connectivity index (χ4v) is 5.34. The van der Waals surface area contributed by atoms with E-state index in [1.54, 1.807) is 6.26 Å². The third-order valence-corrected chi connectivity index (χ3v) is 7.43. The Morgan fingerprint density at radius 1 is 1.12 bits per heavy atom. The van der Waals surface area contributed by atoms with Crippen LogP contribution in [-0.4, -0.2) is 67.7 Å². The van der Waals surface area contributed by atoms with Crippen LogP contribution < -0.4 is 4.74 Å². The Morgan fingerprint density at radius 3 is 2.73 bits per heavy atom. The minimum atomic E-state index is -0.263. The maximum Gasteiger partial charge on any atom is 0.147 e. The van der Waals surface area contributed by atoms with Crippen molar-refractivity contribution in [1.82, 2.24) is 9.80 Å². The molecule has 1 atom stereocenters. The van der Waals surface area contributed by atoms with Crippen LogP contribution in [0.2, 0.25) is 0 Å². The van der Waals surface area contributed by atoms with Gasteiger partial charge in [-0.15, -0.1) is 0 Å². The minimum Gasteiger partial charge on any atom is -0.492 e. The van der Waals surface area contributed by atoms with E-state index in [0.717, 1.165) is 52.7 Å². The van der Waals surface area contributed by atoms with Gasteiger partial charge in [0, 0.05) is 35.9 Å². The van der Waals surface area contributed by atoms with Gasteiger partial charge < -0.3 is 14.1 Å². The lowest BCUT2D eigenvalue weighted by Crippen LogP contribution is -2.43. The van der Waals surface area contributed by atoms with Crippen molar-refractivity contribution in [1.29, 1.82) is 0 Å². The summed E-state index contributed by atoms with van der Waals surface area (Å²) in [7, 11) is 4.38. The average Bonchev–Trinajstić information content (AvgIpc) is 3.23. The van der Waals surface area contributed by atoms with E-state index in [4.69, 9.17) is 9.15 Å². The number of likely N-dealkylation sites (N-methyl/N-ethyl adjacent to an activating group) is 1. The smallest absolute Gasteiger partial charge is 0.147 e. The van der Waals surface area contributed by atoms with E-state index in [1.165, 1.54) is 12.8 Å². The maximum atomic E-state index is 12.6. The maximum absolute atomic E-state index is 12.6. The van der Waals surface area contributed by atoms with Crippen LogP contribution in [-0.2, 0) is 9.59 Å². The molecule has 0 N–H and O–H groups in total. The topological polar surface area (TPSA) is 63.0 Å². The van der Waals surface area contributed by atoms with Crippen molar-refractivity contribution in [3.63, 3.8) is 0 Å². The molecule has 1 aliphatic carbocycles. The van der Waals surface area contributed by atoms with Gasteiger partial charge in [-0.1, -0.05) is 6.07 Å². The van der Waals surface area contributed by atoms with Gasteiger partial charge in [-0.05, 0) is 81.5 Å². The molecular weight excluding hydrogens is 416 g/mol. The predicted molar refractivity (Wildman–Crippen MR) is 129 cm³/mol. The van der Waals surface area contributed by atoms with Gasteiger partial charge in [0.25, 0.3) is 0 Å². The average molecular weight is 449 g/mol. The molecule has 0 spiro atoms. The molecule has 2 aliphatic rings. The summed E-state index contributed by atoms with van der Waals surface area (Å²) in [6.07, 6.45) is 5.18. The molecule has 33 heavy (non-hydrogen) atoms. The van der Waals surface area contributed by atoms with Crippen molar-refractivity contribution in [2.24, 2.45) is 0 Å². The normalized spacial score (nSPS) is 20.9. The number of hydrogen-bond donors (Lipinski definition) is 0. The summed E-state index contributed by atoms with van der Waals surface area (Å²) in [6.45, 7) is 3.87. The van der Waals surface area contributed by atoms with Crippen molar-refractivity contribution < 1.29 is 18.7 Å². The molecule has 1 aliphatic heterocycles. The van der Waals surface area contributed by atoms with Crippen molar-refractivity contribution in [2.45, 2.75) is 44.1 Å². The molecule has 3 aromatic rings. The molecule has 6 heteroatoms. The summed E-state index contributed by atoms with van der Waals surface area (Å²) < 4.78 is 11.9. The molecule has 1 aromatic heterocycles. The molecule has 2 fully saturated rings. The number of piperidine rings is 1. The largest absolute Gasteiger partial charge is 0.492 e. The van der Waals surface area contributed by atoms with E-state index < -0.39 is 0 Å². The Morgan fingerprint density at radius 2 is 1.94 bits per heavy atom. The molecule has 0 radical (unpaired) electrons. The van der Waals surface area contributed by atoms with Gasteiger partial charge in [0.05, 0.1) is 12.7 Å². The summed E-state index contributed by atoms with van der Waals surface area (Å²) in [5, 5.41) is 3.09. The Balaban J connectivity index is 1.31. The molecule has 1 saturated heterocycles. The number of Topliss-reactive ketones (excluding diaryl/α,β-unsaturated/α-hetero) is 2. The molecule has 0 bridgehead atoms. The lowest BCUT2D eigenvalue weighted by molar-refractivity contribution is -0.130. The predicted octanol–water partition coefficient (Wildman–Crippen LogP) is 4.40. The Bertz CT molecular complexity index is 1180. The van der Waals surface area contributed by atoms with E-state index in [9.17, 15) is 9.59 Å². The summed E-state index contributed by atoms with van der Waals surface area (Å²) >= 11 is 0. The third-order valence-electron chi connectivity index (χ3n) is 7.43. The van der Waals surface area contributed by atoms with Crippen LogP contribution in [0.1, 0.15) is 43.6 Å². The first-order valence-corrected chi connectivity index (χ1v) is 12.0. The van der Waals surface area contributed by atoms with Gasteiger partial charge in [-0.25, -0.2) is 0 Å². The standard InChI is InChI=1S/C27H32N2O4/c1-28-11-9-19(10-12-28)29(2)13-14-32-21-5-7-22-18(15-21)3-8-26-27(22)24(17-33-26)23-6-4-20(30)16-25(23)31/h3,5,7-8,15,17,19,23H,4,6,9-14,16H2,1-2H3/t23-/m0/s1. The zero-order valence-electron chi connectivity index (χ0n) is 19.5. The van der Waals surface area contributed by atoms with Crippen LogP contribution >= 0.6 is 0 Å². The van der Waals surface area contributed by atoms with Crippen molar-refractivity contribution in [3.05, 3.63) is 42.2 Å². The number of rotatable bonds is 6. The van der Waals surface area contributed by atoms with E-state index in [-0.39, 0.29) is 23.9 Å². The number of carbonyl (C=O) groups excluding carboxylic acids is 2. The summed E-state index contributed by atoms with van der Waals surface area (Å²) in [5.41, 5.74) is 1.68. The second-order valence-electron chi connectivity index (χ2n) is 9.65.